The molecule has 0 saturated carbocycles. The minimum absolute atomic E-state index is 0.0147. The summed E-state index contributed by atoms with van der Waals surface area (Å²) < 4.78 is 29.3. The van der Waals surface area contributed by atoms with Gasteiger partial charge in [0.05, 0.1) is 5.69 Å². The highest BCUT2D eigenvalue weighted by Gasteiger charge is 2.61. The van der Waals surface area contributed by atoms with E-state index in [1.807, 2.05) is 42.5 Å². The summed E-state index contributed by atoms with van der Waals surface area (Å²) in [5.74, 6) is -1.51. The van der Waals surface area contributed by atoms with Crippen LogP contribution in [0.15, 0.2) is 69.6 Å². The lowest BCUT2D eigenvalue weighted by atomic mass is 9.66. The molecule has 9 heteroatoms. The first kappa shape index (κ1) is 24.1. The summed E-state index contributed by atoms with van der Waals surface area (Å²) in [7, 11) is 0. The quantitative estimate of drug-likeness (QED) is 0.336. The van der Waals surface area contributed by atoms with Crippen LogP contribution in [0.4, 0.5) is 20.2 Å². The fourth-order valence-corrected chi connectivity index (χ4v) is 8.94. The smallest absolute Gasteiger partial charge is 0.245 e. The van der Waals surface area contributed by atoms with Crippen molar-refractivity contribution < 1.29 is 18.4 Å². The molecule has 2 fully saturated rings. The maximum atomic E-state index is 14.8. The third kappa shape index (κ3) is 3.65. The summed E-state index contributed by atoms with van der Waals surface area (Å²) >= 11 is 8.79. The molecule has 3 heterocycles. The zero-order chi connectivity index (χ0) is 25.2. The van der Waals surface area contributed by atoms with Crippen molar-refractivity contribution in [3.05, 3.63) is 92.4 Å². The Balaban J connectivity index is 1.52. The van der Waals surface area contributed by atoms with Crippen molar-refractivity contribution in [3.63, 3.8) is 0 Å². The van der Waals surface area contributed by atoms with E-state index in [1.54, 1.807) is 11.8 Å². The number of piperidine rings is 1. The van der Waals surface area contributed by atoms with Gasteiger partial charge < -0.3 is 10.2 Å². The lowest BCUT2D eigenvalue weighted by Crippen LogP contribution is -2.55. The fraction of sp³-hybridized carbons (Fsp3) is 0.259. The van der Waals surface area contributed by atoms with Gasteiger partial charge in [0.2, 0.25) is 11.8 Å². The van der Waals surface area contributed by atoms with Crippen molar-refractivity contribution in [2.24, 2.45) is 11.8 Å². The third-order valence-electron chi connectivity index (χ3n) is 7.53. The summed E-state index contributed by atoms with van der Waals surface area (Å²) in [6, 6.07) is 17.0. The number of hydrogen-bond acceptors (Lipinski definition) is 3. The lowest BCUT2D eigenvalue weighted by molar-refractivity contribution is -0.122. The summed E-state index contributed by atoms with van der Waals surface area (Å²) in [5, 5.41) is 3.09. The first-order valence-corrected chi connectivity index (χ1v) is 14.1. The number of nitrogens with zero attached hydrogens (tertiary/aromatic N) is 1. The van der Waals surface area contributed by atoms with E-state index in [0.717, 1.165) is 31.8 Å². The van der Waals surface area contributed by atoms with Gasteiger partial charge >= 0.3 is 0 Å². The van der Waals surface area contributed by atoms with Gasteiger partial charge in [0.25, 0.3) is 0 Å². The van der Waals surface area contributed by atoms with E-state index >= 15 is 0 Å². The molecule has 0 unspecified atom stereocenters. The van der Waals surface area contributed by atoms with E-state index < -0.39 is 16.4 Å². The molecule has 3 aromatic carbocycles. The van der Waals surface area contributed by atoms with Crippen LogP contribution in [0.1, 0.15) is 23.5 Å². The van der Waals surface area contributed by atoms with Crippen molar-refractivity contribution in [1.29, 1.82) is 0 Å². The molecule has 0 aliphatic carbocycles. The molecule has 1 spiro atoms. The van der Waals surface area contributed by atoms with E-state index in [0.29, 0.717) is 5.75 Å². The largest absolute Gasteiger partial charge is 0.324 e. The molecule has 0 aromatic heterocycles. The van der Waals surface area contributed by atoms with Crippen LogP contribution in [-0.4, -0.2) is 24.1 Å². The fourth-order valence-electron chi connectivity index (χ4n) is 5.99. The van der Waals surface area contributed by atoms with Crippen LogP contribution in [0.5, 0.6) is 0 Å². The number of carbonyl (C=O) groups is 2. The molecule has 3 aromatic rings. The minimum atomic E-state index is -0.919. The number of halogens is 4. The highest BCUT2D eigenvalue weighted by atomic mass is 79.9. The number of nitrogens with one attached hydrogen (secondary N) is 1. The second-order valence-corrected chi connectivity index (χ2v) is 12.5. The van der Waals surface area contributed by atoms with E-state index in [1.165, 1.54) is 17.0 Å². The molecular weight excluding hydrogens is 614 g/mol. The van der Waals surface area contributed by atoms with Crippen LogP contribution in [0.3, 0.4) is 0 Å². The Morgan fingerprint density at radius 1 is 1.03 bits per heavy atom. The average Bonchev–Trinajstić information content (AvgIpc) is 3.12. The van der Waals surface area contributed by atoms with Crippen molar-refractivity contribution in [1.82, 2.24) is 0 Å². The van der Waals surface area contributed by atoms with Crippen molar-refractivity contribution in [3.8, 4) is 0 Å². The van der Waals surface area contributed by atoms with Crippen LogP contribution >= 0.6 is 43.6 Å². The Bertz CT molecular complexity index is 1400. The van der Waals surface area contributed by atoms with Gasteiger partial charge in [0.15, 0.2) is 0 Å². The lowest BCUT2D eigenvalue weighted by Gasteiger charge is -2.51. The number of benzene rings is 3. The second kappa shape index (κ2) is 8.96. The SMILES string of the molecule is O=C1C[C@@H]2CS[C@]3(C(=O)Nc4cccc(Br)c43)[C@H](c3ccc(Br)cc3)[C@H]2CN1c1ccc(F)cc1F. The number of anilines is 2. The zero-order valence-electron chi connectivity index (χ0n) is 18.8. The molecule has 3 aliphatic heterocycles. The summed E-state index contributed by atoms with van der Waals surface area (Å²) in [6.07, 6.45) is 0.238. The van der Waals surface area contributed by atoms with Gasteiger partial charge in [-0.3, -0.25) is 9.59 Å². The number of amides is 2. The van der Waals surface area contributed by atoms with E-state index in [-0.39, 0.29) is 48.2 Å². The normalized spacial score (nSPS) is 27.1. The summed E-state index contributed by atoms with van der Waals surface area (Å²) in [5.41, 5.74) is 2.73. The Morgan fingerprint density at radius 2 is 1.81 bits per heavy atom. The maximum absolute atomic E-state index is 14.8. The highest BCUT2D eigenvalue weighted by Crippen LogP contribution is 2.64. The van der Waals surface area contributed by atoms with Crippen LogP contribution in [0, 0.1) is 23.5 Å². The first-order chi connectivity index (χ1) is 17.3. The first-order valence-electron chi connectivity index (χ1n) is 11.5. The molecule has 2 amide bonds. The van der Waals surface area contributed by atoms with Gasteiger partial charge in [-0.25, -0.2) is 8.78 Å². The predicted molar refractivity (Wildman–Crippen MR) is 144 cm³/mol. The molecule has 184 valence electrons. The number of hydrogen-bond donors (Lipinski definition) is 1. The average molecular weight is 634 g/mol. The third-order valence-corrected chi connectivity index (χ3v) is 10.4. The molecule has 0 bridgehead atoms. The Hall–Kier alpha value is -2.23. The van der Waals surface area contributed by atoms with Crippen LogP contribution < -0.4 is 10.2 Å². The number of rotatable bonds is 2. The topological polar surface area (TPSA) is 49.4 Å². The molecule has 4 nitrogen and oxygen atoms in total. The minimum Gasteiger partial charge on any atom is -0.324 e. The predicted octanol–water partition coefficient (Wildman–Crippen LogP) is 6.84. The van der Waals surface area contributed by atoms with Crippen molar-refractivity contribution in [2.75, 3.05) is 22.5 Å². The molecule has 3 aliphatic rings. The number of fused-ring (bicyclic) bond motifs is 3. The monoisotopic (exact) mass is 632 g/mol. The number of carbonyl (C=O) groups excluding carboxylic acids is 2. The van der Waals surface area contributed by atoms with Gasteiger partial charge in [-0.05, 0) is 59.6 Å². The van der Waals surface area contributed by atoms with Crippen LogP contribution in [0.25, 0.3) is 0 Å². The van der Waals surface area contributed by atoms with Crippen molar-refractivity contribution >= 4 is 66.8 Å². The zero-order valence-corrected chi connectivity index (χ0v) is 22.8. The van der Waals surface area contributed by atoms with Gasteiger partial charge in [0.1, 0.15) is 16.4 Å². The Labute approximate surface area is 228 Å². The summed E-state index contributed by atoms with van der Waals surface area (Å²) in [6.45, 7) is 0.238. The van der Waals surface area contributed by atoms with Crippen molar-refractivity contribution in [2.45, 2.75) is 17.1 Å². The van der Waals surface area contributed by atoms with E-state index in [2.05, 4.69) is 37.2 Å². The van der Waals surface area contributed by atoms with Gasteiger partial charge in [-0.15, -0.1) is 11.8 Å². The van der Waals surface area contributed by atoms with Crippen LogP contribution in [-0.2, 0) is 14.3 Å². The van der Waals surface area contributed by atoms with E-state index in [4.69, 9.17) is 0 Å². The second-order valence-electron chi connectivity index (χ2n) is 9.42. The molecule has 1 N–H and O–H groups in total. The molecular formula is C27H20Br2F2N2O2S. The van der Waals surface area contributed by atoms with Gasteiger partial charge in [-0.1, -0.05) is 50.1 Å². The van der Waals surface area contributed by atoms with Gasteiger partial charge in [0, 0.05) is 45.1 Å². The number of thioether (sulfide) groups is 1. The van der Waals surface area contributed by atoms with Crippen LogP contribution in [0.2, 0.25) is 0 Å². The Kier molecular flexibility index (Phi) is 6.00. The molecule has 6 rings (SSSR count). The molecule has 2 saturated heterocycles. The maximum Gasteiger partial charge on any atom is 0.245 e. The molecule has 4 atom stereocenters. The highest BCUT2D eigenvalue weighted by molar-refractivity contribution is 9.10. The molecule has 0 radical (unpaired) electrons. The standard InChI is InChI=1S/C27H20Br2F2N2O2S/c28-16-6-4-14(5-7-16)24-18-12-33(22-9-8-17(30)11-20(22)31)23(34)10-15(18)13-36-27(24)25-19(29)2-1-3-21(25)32-26(27)35/h1-9,11,15,18,24H,10,12-13H2,(H,32,35)/t15-,18+,24-,27-/m1/s1. The van der Waals surface area contributed by atoms with E-state index in [9.17, 15) is 18.4 Å². The molecule has 36 heavy (non-hydrogen) atoms. The van der Waals surface area contributed by atoms with Gasteiger partial charge in [-0.2, -0.15) is 0 Å². The summed E-state index contributed by atoms with van der Waals surface area (Å²) in [4.78, 5) is 28.4. The Morgan fingerprint density at radius 3 is 2.56 bits per heavy atom.